The molecular weight excluding hydrogens is 208 g/mol. The van der Waals surface area contributed by atoms with E-state index in [1.54, 1.807) is 18.5 Å². The van der Waals surface area contributed by atoms with Gasteiger partial charge in [-0.25, -0.2) is 0 Å². The lowest BCUT2D eigenvalue weighted by Gasteiger charge is -2.03. The number of pyridine rings is 1. The summed E-state index contributed by atoms with van der Waals surface area (Å²) in [4.78, 5) is 8.69. The van der Waals surface area contributed by atoms with Gasteiger partial charge in [0.05, 0.1) is 11.2 Å². The summed E-state index contributed by atoms with van der Waals surface area (Å²) >= 11 is 0. The van der Waals surface area contributed by atoms with Crippen molar-refractivity contribution in [3.05, 3.63) is 48.7 Å². The van der Waals surface area contributed by atoms with E-state index in [1.165, 1.54) is 0 Å². The molecule has 1 aromatic carbocycles. The molecule has 0 unspecified atom stereocenters. The summed E-state index contributed by atoms with van der Waals surface area (Å²) in [5.41, 5.74) is 2.99. The molecule has 0 fully saturated rings. The molecule has 0 saturated heterocycles. The van der Waals surface area contributed by atoms with Crippen molar-refractivity contribution >= 4 is 22.8 Å². The molecule has 0 aliphatic rings. The van der Waals surface area contributed by atoms with Crippen LogP contribution < -0.4 is 0 Å². The number of hydrogen-bond acceptors (Lipinski definition) is 2. The number of fused-ring (bicyclic) bond motifs is 1. The van der Waals surface area contributed by atoms with Crippen LogP contribution in [0.3, 0.4) is 0 Å². The lowest BCUT2D eigenvalue weighted by Crippen LogP contribution is -1.82. The lowest BCUT2D eigenvalue weighted by molar-refractivity contribution is 1.36. The molecule has 0 spiro atoms. The SMILES string of the molecule is C=CC=Nc1c(C)ccc2cccnc12.CC. The highest BCUT2D eigenvalue weighted by Crippen LogP contribution is 2.27. The molecule has 2 aromatic rings. The van der Waals surface area contributed by atoms with Gasteiger partial charge in [-0.2, -0.15) is 0 Å². The molecule has 0 aliphatic heterocycles. The number of aromatic nitrogens is 1. The Kier molecular flexibility index (Phi) is 5.08. The van der Waals surface area contributed by atoms with E-state index in [9.17, 15) is 0 Å². The summed E-state index contributed by atoms with van der Waals surface area (Å²) in [6.07, 6.45) is 5.15. The van der Waals surface area contributed by atoms with Gasteiger partial charge in [-0.15, -0.1) is 0 Å². The summed E-state index contributed by atoms with van der Waals surface area (Å²) < 4.78 is 0. The average Bonchev–Trinajstić information content (AvgIpc) is 2.40. The molecule has 2 rings (SSSR count). The number of aryl methyl sites for hydroxylation is 1. The van der Waals surface area contributed by atoms with E-state index in [-0.39, 0.29) is 0 Å². The second-order valence-electron chi connectivity index (χ2n) is 3.32. The van der Waals surface area contributed by atoms with E-state index in [0.29, 0.717) is 0 Å². The highest BCUT2D eigenvalue weighted by atomic mass is 14.8. The molecule has 1 aromatic heterocycles. The van der Waals surface area contributed by atoms with Gasteiger partial charge in [-0.1, -0.05) is 44.7 Å². The Labute approximate surface area is 103 Å². The van der Waals surface area contributed by atoms with Crippen LogP contribution in [0.5, 0.6) is 0 Å². The first kappa shape index (κ1) is 13.1. The van der Waals surface area contributed by atoms with Crippen LogP contribution in [0, 0.1) is 6.92 Å². The van der Waals surface area contributed by atoms with E-state index in [0.717, 1.165) is 22.2 Å². The van der Waals surface area contributed by atoms with Gasteiger partial charge in [-0.3, -0.25) is 9.98 Å². The molecule has 2 heteroatoms. The molecule has 1 heterocycles. The average molecular weight is 226 g/mol. The van der Waals surface area contributed by atoms with Gasteiger partial charge in [0.2, 0.25) is 0 Å². The molecule has 0 atom stereocenters. The molecule has 88 valence electrons. The van der Waals surface area contributed by atoms with Crippen molar-refractivity contribution in [2.75, 3.05) is 0 Å². The third-order valence-electron chi connectivity index (χ3n) is 2.26. The van der Waals surface area contributed by atoms with Crippen LogP contribution in [-0.2, 0) is 0 Å². The maximum atomic E-state index is 4.35. The first-order chi connectivity index (χ1) is 8.33. The van der Waals surface area contributed by atoms with E-state index >= 15 is 0 Å². The van der Waals surface area contributed by atoms with Gasteiger partial charge < -0.3 is 0 Å². The Balaban J connectivity index is 0.000000686. The highest BCUT2D eigenvalue weighted by molar-refractivity contribution is 5.92. The minimum Gasteiger partial charge on any atom is -0.254 e. The van der Waals surface area contributed by atoms with Crippen molar-refractivity contribution < 1.29 is 0 Å². The van der Waals surface area contributed by atoms with Crippen LogP contribution >= 0.6 is 0 Å². The first-order valence-corrected chi connectivity index (χ1v) is 5.82. The third kappa shape index (κ3) is 3.00. The first-order valence-electron chi connectivity index (χ1n) is 5.82. The van der Waals surface area contributed by atoms with Gasteiger partial charge in [0.25, 0.3) is 0 Å². The largest absolute Gasteiger partial charge is 0.254 e. The zero-order valence-electron chi connectivity index (χ0n) is 10.6. The summed E-state index contributed by atoms with van der Waals surface area (Å²) in [7, 11) is 0. The summed E-state index contributed by atoms with van der Waals surface area (Å²) in [6, 6.07) is 8.08. The quantitative estimate of drug-likeness (QED) is 0.694. The Hall–Kier alpha value is -1.96. The summed E-state index contributed by atoms with van der Waals surface area (Å²) in [6.45, 7) is 9.65. The maximum absolute atomic E-state index is 4.35. The maximum Gasteiger partial charge on any atom is 0.0961 e. The van der Waals surface area contributed by atoms with Crippen molar-refractivity contribution in [1.82, 2.24) is 4.98 Å². The van der Waals surface area contributed by atoms with Crippen molar-refractivity contribution in [2.24, 2.45) is 4.99 Å². The van der Waals surface area contributed by atoms with Gasteiger partial charge in [0.1, 0.15) is 0 Å². The van der Waals surface area contributed by atoms with Crippen LogP contribution in [0.1, 0.15) is 19.4 Å². The fourth-order valence-electron chi connectivity index (χ4n) is 1.52. The number of benzene rings is 1. The molecule has 0 amide bonds. The zero-order chi connectivity index (χ0) is 12.7. The number of hydrogen-bond donors (Lipinski definition) is 0. The van der Waals surface area contributed by atoms with Crippen molar-refractivity contribution in [2.45, 2.75) is 20.8 Å². The van der Waals surface area contributed by atoms with Crippen LogP contribution in [0.15, 0.2) is 48.1 Å². The zero-order valence-corrected chi connectivity index (χ0v) is 10.6. The minimum absolute atomic E-state index is 0.924. The fraction of sp³-hybridized carbons (Fsp3) is 0.200. The normalized spacial score (nSPS) is 10.1. The number of rotatable bonds is 2. The predicted octanol–water partition coefficient (Wildman–Crippen LogP) is 4.46. The molecule has 0 aliphatic carbocycles. The molecule has 0 bridgehead atoms. The number of allylic oxidation sites excluding steroid dienone is 1. The van der Waals surface area contributed by atoms with Gasteiger partial charge >= 0.3 is 0 Å². The van der Waals surface area contributed by atoms with E-state index < -0.39 is 0 Å². The fourth-order valence-corrected chi connectivity index (χ4v) is 1.52. The Morgan fingerprint density at radius 3 is 2.71 bits per heavy atom. The third-order valence-corrected chi connectivity index (χ3v) is 2.26. The van der Waals surface area contributed by atoms with Crippen LogP contribution in [0.2, 0.25) is 0 Å². The van der Waals surface area contributed by atoms with E-state index in [2.05, 4.69) is 28.7 Å². The van der Waals surface area contributed by atoms with Crippen LogP contribution in [0.25, 0.3) is 10.9 Å². The molecule has 2 nitrogen and oxygen atoms in total. The monoisotopic (exact) mass is 226 g/mol. The summed E-state index contributed by atoms with van der Waals surface area (Å²) in [5, 5.41) is 1.11. The van der Waals surface area contributed by atoms with Gasteiger partial charge in [0, 0.05) is 17.8 Å². The Bertz CT molecular complexity index is 527. The Morgan fingerprint density at radius 1 is 1.24 bits per heavy atom. The minimum atomic E-state index is 0.924. The van der Waals surface area contributed by atoms with Crippen molar-refractivity contribution in [1.29, 1.82) is 0 Å². The number of nitrogens with zero attached hydrogens (tertiary/aromatic N) is 2. The molecule has 0 radical (unpaired) electrons. The van der Waals surface area contributed by atoms with Gasteiger partial charge in [0.15, 0.2) is 0 Å². The molecule has 17 heavy (non-hydrogen) atoms. The van der Waals surface area contributed by atoms with Crippen molar-refractivity contribution in [3.63, 3.8) is 0 Å². The second-order valence-corrected chi connectivity index (χ2v) is 3.32. The van der Waals surface area contributed by atoms with Gasteiger partial charge in [-0.05, 0) is 18.6 Å². The smallest absolute Gasteiger partial charge is 0.0961 e. The summed E-state index contributed by atoms with van der Waals surface area (Å²) in [5.74, 6) is 0. The van der Waals surface area contributed by atoms with E-state index in [1.807, 2.05) is 32.9 Å². The lowest BCUT2D eigenvalue weighted by atomic mass is 10.1. The molecular formula is C15H18N2. The van der Waals surface area contributed by atoms with Crippen molar-refractivity contribution in [3.8, 4) is 0 Å². The second kappa shape index (κ2) is 6.59. The van der Waals surface area contributed by atoms with Crippen LogP contribution in [-0.4, -0.2) is 11.2 Å². The van der Waals surface area contributed by atoms with Crippen LogP contribution in [0.4, 0.5) is 5.69 Å². The topological polar surface area (TPSA) is 25.2 Å². The molecule has 0 saturated carbocycles. The highest BCUT2D eigenvalue weighted by Gasteiger charge is 2.02. The molecule has 0 N–H and O–H groups in total. The number of aliphatic imine (C=N–C) groups is 1. The predicted molar refractivity (Wildman–Crippen MR) is 76.2 cm³/mol. The van der Waals surface area contributed by atoms with E-state index in [4.69, 9.17) is 0 Å². The standard InChI is InChI=1S/C13H12N2.C2H6/c1-3-8-14-12-10(2)6-7-11-5-4-9-15-13(11)12;1-2/h3-9H,1H2,2H3;1-2H3. The Morgan fingerprint density at radius 2 is 2.00 bits per heavy atom.